The minimum atomic E-state index is 0.554. The number of anilines is 2. The first-order valence-corrected chi connectivity index (χ1v) is 5.41. The fraction of sp³-hybridized carbons (Fsp3) is 0.545. The summed E-state index contributed by atoms with van der Waals surface area (Å²) in [5, 5.41) is 0. The highest BCUT2D eigenvalue weighted by molar-refractivity contribution is 5.44. The molecule has 0 spiro atoms. The monoisotopic (exact) mass is 205 g/mol. The number of nitrogens with two attached hydrogens (primary N) is 1. The molecule has 81 valence electrons. The molecule has 0 aromatic carbocycles. The largest absolute Gasteiger partial charge is 0.384 e. The molecule has 0 bridgehead atoms. The fourth-order valence-corrected chi connectivity index (χ4v) is 1.98. The van der Waals surface area contributed by atoms with Gasteiger partial charge in [-0.05, 0) is 30.9 Å². The summed E-state index contributed by atoms with van der Waals surface area (Å²) in [5.74, 6) is 2.12. The van der Waals surface area contributed by atoms with Crippen molar-refractivity contribution in [3.63, 3.8) is 0 Å². The van der Waals surface area contributed by atoms with Gasteiger partial charge in [0.2, 0.25) is 0 Å². The van der Waals surface area contributed by atoms with Crippen molar-refractivity contribution in [1.29, 1.82) is 0 Å². The SMILES string of the molecule is [NH]CC1CCN(c2cccc(N)n2)CC1. The molecule has 15 heavy (non-hydrogen) atoms. The van der Waals surface area contributed by atoms with E-state index < -0.39 is 0 Å². The van der Waals surface area contributed by atoms with Gasteiger partial charge in [-0.1, -0.05) is 6.07 Å². The lowest BCUT2D eigenvalue weighted by atomic mass is 9.97. The highest BCUT2D eigenvalue weighted by Gasteiger charge is 2.18. The van der Waals surface area contributed by atoms with Gasteiger partial charge < -0.3 is 10.6 Å². The third-order valence-corrected chi connectivity index (χ3v) is 2.98. The van der Waals surface area contributed by atoms with E-state index in [1.165, 1.54) is 0 Å². The van der Waals surface area contributed by atoms with E-state index in [1.807, 2.05) is 12.1 Å². The Kier molecular flexibility index (Phi) is 3.06. The van der Waals surface area contributed by atoms with Crippen molar-refractivity contribution in [3.05, 3.63) is 18.2 Å². The topological polar surface area (TPSA) is 66.0 Å². The van der Waals surface area contributed by atoms with Crippen molar-refractivity contribution in [1.82, 2.24) is 10.7 Å². The first kappa shape index (κ1) is 10.2. The lowest BCUT2D eigenvalue weighted by molar-refractivity contribution is 0.409. The summed E-state index contributed by atoms with van der Waals surface area (Å²) < 4.78 is 0. The lowest BCUT2D eigenvalue weighted by Gasteiger charge is -2.32. The third-order valence-electron chi connectivity index (χ3n) is 2.98. The molecular formula is C11H17N4. The number of rotatable bonds is 2. The van der Waals surface area contributed by atoms with Gasteiger partial charge in [0, 0.05) is 19.6 Å². The highest BCUT2D eigenvalue weighted by atomic mass is 15.2. The highest BCUT2D eigenvalue weighted by Crippen LogP contribution is 2.21. The Morgan fingerprint density at radius 2 is 2.13 bits per heavy atom. The second-order valence-electron chi connectivity index (χ2n) is 4.06. The first-order valence-electron chi connectivity index (χ1n) is 5.41. The van der Waals surface area contributed by atoms with E-state index in [9.17, 15) is 0 Å². The molecule has 1 aliphatic heterocycles. The van der Waals surface area contributed by atoms with Crippen LogP contribution in [0.4, 0.5) is 11.6 Å². The molecule has 0 amide bonds. The van der Waals surface area contributed by atoms with E-state index in [4.69, 9.17) is 11.5 Å². The number of nitrogens with one attached hydrogen (secondary N) is 1. The number of pyridine rings is 1. The standard InChI is InChI=1S/C11H17N4/c12-8-9-4-6-15(7-5-9)11-3-1-2-10(13)14-11/h1-3,9,12H,4-8H2,(H2,13,14). The van der Waals surface area contributed by atoms with Gasteiger partial charge in [0.25, 0.3) is 0 Å². The molecule has 0 aliphatic carbocycles. The van der Waals surface area contributed by atoms with Crippen LogP contribution in [0.2, 0.25) is 0 Å². The van der Waals surface area contributed by atoms with Gasteiger partial charge >= 0.3 is 0 Å². The lowest BCUT2D eigenvalue weighted by Crippen LogP contribution is -2.35. The van der Waals surface area contributed by atoms with Crippen LogP contribution in [0.25, 0.3) is 0 Å². The van der Waals surface area contributed by atoms with Crippen molar-refractivity contribution < 1.29 is 0 Å². The number of hydrogen-bond acceptors (Lipinski definition) is 3. The Labute approximate surface area is 90.3 Å². The number of piperidine rings is 1. The van der Waals surface area contributed by atoms with Crippen LogP contribution >= 0.6 is 0 Å². The summed E-state index contributed by atoms with van der Waals surface area (Å²) in [4.78, 5) is 6.56. The predicted molar refractivity (Wildman–Crippen MR) is 61.6 cm³/mol. The Hall–Kier alpha value is -1.29. The van der Waals surface area contributed by atoms with E-state index in [1.54, 1.807) is 6.07 Å². The van der Waals surface area contributed by atoms with Gasteiger partial charge in [-0.2, -0.15) is 0 Å². The minimum absolute atomic E-state index is 0.554. The zero-order valence-electron chi connectivity index (χ0n) is 8.82. The van der Waals surface area contributed by atoms with E-state index in [0.717, 1.165) is 31.7 Å². The summed E-state index contributed by atoms with van der Waals surface area (Å²) in [6.07, 6.45) is 2.19. The maximum atomic E-state index is 7.35. The van der Waals surface area contributed by atoms with Gasteiger partial charge in [-0.3, -0.25) is 5.73 Å². The normalized spacial score (nSPS) is 18.1. The summed E-state index contributed by atoms with van der Waals surface area (Å²) >= 11 is 0. The maximum absolute atomic E-state index is 7.35. The van der Waals surface area contributed by atoms with Gasteiger partial charge in [-0.25, -0.2) is 4.98 Å². The van der Waals surface area contributed by atoms with E-state index in [-0.39, 0.29) is 0 Å². The molecule has 1 aromatic rings. The summed E-state index contributed by atoms with van der Waals surface area (Å²) in [6, 6.07) is 5.74. The van der Waals surface area contributed by atoms with Crippen molar-refractivity contribution >= 4 is 11.6 Å². The molecule has 1 saturated heterocycles. The van der Waals surface area contributed by atoms with Gasteiger partial charge in [-0.15, -0.1) is 0 Å². The maximum Gasteiger partial charge on any atom is 0.130 e. The minimum Gasteiger partial charge on any atom is -0.384 e. The molecular weight excluding hydrogens is 188 g/mol. The molecule has 2 rings (SSSR count). The second-order valence-corrected chi connectivity index (χ2v) is 4.06. The van der Waals surface area contributed by atoms with Gasteiger partial charge in [0.1, 0.15) is 11.6 Å². The zero-order chi connectivity index (χ0) is 10.7. The van der Waals surface area contributed by atoms with Crippen molar-refractivity contribution in [2.24, 2.45) is 5.92 Å². The summed E-state index contributed by atoms with van der Waals surface area (Å²) in [7, 11) is 0. The average molecular weight is 205 g/mol. The second kappa shape index (κ2) is 4.49. The Balaban J connectivity index is 2.01. The third kappa shape index (κ3) is 2.39. The quantitative estimate of drug-likeness (QED) is 0.788. The first-order chi connectivity index (χ1) is 7.29. The van der Waals surface area contributed by atoms with E-state index in [2.05, 4.69) is 9.88 Å². The predicted octanol–water partition coefficient (Wildman–Crippen LogP) is 1.16. The molecule has 0 atom stereocenters. The van der Waals surface area contributed by atoms with Crippen molar-refractivity contribution in [2.45, 2.75) is 12.8 Å². The Morgan fingerprint density at radius 1 is 1.40 bits per heavy atom. The van der Waals surface area contributed by atoms with Crippen LogP contribution in [0.1, 0.15) is 12.8 Å². The fourth-order valence-electron chi connectivity index (χ4n) is 1.98. The average Bonchev–Trinajstić information content (AvgIpc) is 2.29. The molecule has 4 heteroatoms. The summed E-state index contributed by atoms with van der Waals surface area (Å²) in [5.41, 5.74) is 13.0. The van der Waals surface area contributed by atoms with Gasteiger partial charge in [0.15, 0.2) is 0 Å². The number of aromatic nitrogens is 1. The van der Waals surface area contributed by atoms with Crippen LogP contribution in [0, 0.1) is 5.92 Å². The Bertz CT molecular complexity index is 318. The summed E-state index contributed by atoms with van der Waals surface area (Å²) in [6.45, 7) is 2.55. The smallest absolute Gasteiger partial charge is 0.130 e. The van der Waals surface area contributed by atoms with Crippen LogP contribution in [-0.2, 0) is 0 Å². The molecule has 1 aromatic heterocycles. The molecule has 1 fully saturated rings. The van der Waals surface area contributed by atoms with E-state index >= 15 is 0 Å². The van der Waals surface area contributed by atoms with Crippen LogP contribution in [-0.4, -0.2) is 24.6 Å². The van der Waals surface area contributed by atoms with Crippen molar-refractivity contribution in [2.75, 3.05) is 30.3 Å². The molecule has 0 unspecified atom stereocenters. The Morgan fingerprint density at radius 3 is 2.73 bits per heavy atom. The van der Waals surface area contributed by atoms with Gasteiger partial charge in [0.05, 0.1) is 0 Å². The number of nitrogen functional groups attached to an aromatic ring is 1. The molecule has 1 radical (unpaired) electrons. The molecule has 0 saturated carbocycles. The molecule has 3 N–H and O–H groups in total. The van der Waals surface area contributed by atoms with Crippen LogP contribution in [0.5, 0.6) is 0 Å². The van der Waals surface area contributed by atoms with Crippen molar-refractivity contribution in [3.8, 4) is 0 Å². The molecule has 2 heterocycles. The number of nitrogens with zero attached hydrogens (tertiary/aromatic N) is 2. The van der Waals surface area contributed by atoms with E-state index in [0.29, 0.717) is 18.3 Å². The number of hydrogen-bond donors (Lipinski definition) is 1. The van der Waals surface area contributed by atoms with Crippen LogP contribution < -0.4 is 16.4 Å². The molecule has 1 aliphatic rings. The van der Waals surface area contributed by atoms with Crippen LogP contribution in [0.3, 0.4) is 0 Å². The zero-order valence-corrected chi connectivity index (χ0v) is 8.82. The van der Waals surface area contributed by atoms with Crippen LogP contribution in [0.15, 0.2) is 18.2 Å². The molecule has 4 nitrogen and oxygen atoms in total.